The summed E-state index contributed by atoms with van der Waals surface area (Å²) in [6, 6.07) is 0. The maximum absolute atomic E-state index is 8.32. The summed E-state index contributed by atoms with van der Waals surface area (Å²) in [6.07, 6.45) is 4.92. The molecule has 0 amide bonds. The molecule has 0 aromatic heterocycles. The highest BCUT2D eigenvalue weighted by atomic mass is 16.5. The van der Waals surface area contributed by atoms with Crippen molar-refractivity contribution >= 4 is 0 Å². The van der Waals surface area contributed by atoms with Crippen LogP contribution in [0.3, 0.4) is 0 Å². The van der Waals surface area contributed by atoms with Gasteiger partial charge in [-0.2, -0.15) is 0 Å². The van der Waals surface area contributed by atoms with Crippen molar-refractivity contribution in [1.82, 2.24) is 5.32 Å². The van der Waals surface area contributed by atoms with Crippen LogP contribution in [0.2, 0.25) is 0 Å². The Morgan fingerprint density at radius 2 is 2.09 bits per heavy atom. The molecule has 0 aromatic rings. The Morgan fingerprint density at radius 1 is 1.27 bits per heavy atom. The third kappa shape index (κ3) is 9.88. The number of unbranched alkanes of at least 4 members (excludes halogenated alkanes) is 3. The predicted octanol–water partition coefficient (Wildman–Crippen LogP) is 1.08. The fourth-order valence-electron chi connectivity index (χ4n) is 0.821. The van der Waals surface area contributed by atoms with Gasteiger partial charge in [0, 0.05) is 6.61 Å². The highest BCUT2D eigenvalue weighted by Crippen LogP contribution is 1.97. The number of hydrogen-bond acceptors (Lipinski definition) is 3. The summed E-state index contributed by atoms with van der Waals surface area (Å²) in [5.41, 5.74) is 0. The number of nitrogens with one attached hydrogen (secondary N) is 1. The first kappa shape index (κ1) is 10.9. The van der Waals surface area contributed by atoms with Gasteiger partial charge in [0.1, 0.15) is 0 Å². The van der Waals surface area contributed by atoms with E-state index < -0.39 is 0 Å². The Bertz CT molecular complexity index is 61.1. The van der Waals surface area contributed by atoms with Crippen LogP contribution in [0, 0.1) is 0 Å². The summed E-state index contributed by atoms with van der Waals surface area (Å²) in [5, 5.41) is 11.0. The molecule has 3 nitrogen and oxygen atoms in total. The minimum atomic E-state index is -0.00500. The molecule has 0 aliphatic carbocycles. The van der Waals surface area contributed by atoms with Crippen LogP contribution < -0.4 is 5.32 Å². The van der Waals surface area contributed by atoms with E-state index in [9.17, 15) is 0 Å². The van der Waals surface area contributed by atoms with Gasteiger partial charge in [-0.25, -0.2) is 0 Å². The first-order chi connectivity index (χ1) is 5.41. The van der Waals surface area contributed by atoms with Crippen LogP contribution in [0.15, 0.2) is 0 Å². The summed E-state index contributed by atoms with van der Waals surface area (Å²) in [7, 11) is 0. The molecule has 0 fully saturated rings. The average Bonchev–Trinajstić information content (AvgIpc) is 2.03. The van der Waals surface area contributed by atoms with Crippen molar-refractivity contribution in [3.63, 3.8) is 0 Å². The number of hydrogen-bond donors (Lipinski definition) is 2. The molecule has 11 heavy (non-hydrogen) atoms. The molecule has 0 spiro atoms. The van der Waals surface area contributed by atoms with Crippen LogP contribution in [0.1, 0.15) is 32.6 Å². The van der Waals surface area contributed by atoms with Gasteiger partial charge in [0.2, 0.25) is 0 Å². The average molecular weight is 161 g/mol. The number of aliphatic hydroxyl groups excluding tert-OH is 1. The molecule has 0 saturated heterocycles. The molecule has 0 saturated carbocycles. The van der Waals surface area contributed by atoms with Crippen molar-refractivity contribution in [3.8, 4) is 0 Å². The van der Waals surface area contributed by atoms with E-state index in [4.69, 9.17) is 9.84 Å². The summed E-state index contributed by atoms with van der Waals surface area (Å²) < 4.78 is 5.15. The predicted molar refractivity (Wildman–Crippen MR) is 45.2 cm³/mol. The SMILES string of the molecule is CCCCCCOCNCO. The van der Waals surface area contributed by atoms with Crippen molar-refractivity contribution < 1.29 is 9.84 Å². The first-order valence-corrected chi connectivity index (χ1v) is 4.31. The number of rotatable bonds is 8. The molecule has 68 valence electrons. The lowest BCUT2D eigenvalue weighted by Gasteiger charge is -2.02. The van der Waals surface area contributed by atoms with Crippen molar-refractivity contribution in [1.29, 1.82) is 0 Å². The minimum absolute atomic E-state index is 0.00500. The van der Waals surface area contributed by atoms with Gasteiger partial charge >= 0.3 is 0 Å². The van der Waals surface area contributed by atoms with Crippen LogP contribution in [-0.2, 0) is 4.74 Å². The van der Waals surface area contributed by atoms with Crippen molar-refractivity contribution in [3.05, 3.63) is 0 Å². The van der Waals surface area contributed by atoms with Crippen LogP contribution in [0.4, 0.5) is 0 Å². The molecule has 0 bridgehead atoms. The van der Waals surface area contributed by atoms with E-state index in [0.29, 0.717) is 6.73 Å². The lowest BCUT2D eigenvalue weighted by atomic mass is 10.2. The summed E-state index contributed by atoms with van der Waals surface area (Å²) >= 11 is 0. The second kappa shape index (κ2) is 9.88. The zero-order valence-corrected chi connectivity index (χ0v) is 7.31. The Morgan fingerprint density at radius 3 is 2.73 bits per heavy atom. The van der Waals surface area contributed by atoms with E-state index in [1.165, 1.54) is 19.3 Å². The van der Waals surface area contributed by atoms with Gasteiger partial charge < -0.3 is 9.84 Å². The van der Waals surface area contributed by atoms with E-state index in [1.54, 1.807) is 0 Å². The molecular formula is C8H19NO2. The van der Waals surface area contributed by atoms with Crippen molar-refractivity contribution in [2.75, 3.05) is 20.1 Å². The Kier molecular flexibility index (Phi) is 9.77. The third-order valence-electron chi connectivity index (χ3n) is 1.46. The Labute approximate surface area is 68.8 Å². The molecule has 0 heterocycles. The largest absolute Gasteiger partial charge is 0.381 e. The Balaban J connectivity index is 2.69. The first-order valence-electron chi connectivity index (χ1n) is 4.31. The van der Waals surface area contributed by atoms with Crippen molar-refractivity contribution in [2.45, 2.75) is 32.6 Å². The van der Waals surface area contributed by atoms with Gasteiger partial charge in [0.05, 0.1) is 13.5 Å². The molecule has 0 aliphatic rings. The van der Waals surface area contributed by atoms with Gasteiger partial charge in [-0.3, -0.25) is 5.32 Å². The smallest absolute Gasteiger partial charge is 0.0982 e. The minimum Gasteiger partial charge on any atom is -0.381 e. The standard InChI is InChI=1S/C8H19NO2/c1-2-3-4-5-6-11-8-9-7-10/h9-10H,2-8H2,1H3. The monoisotopic (exact) mass is 161 g/mol. The molecule has 0 aromatic carbocycles. The summed E-state index contributed by atoms with van der Waals surface area (Å²) in [6.45, 7) is 3.44. The van der Waals surface area contributed by atoms with Crippen molar-refractivity contribution in [2.24, 2.45) is 0 Å². The van der Waals surface area contributed by atoms with Gasteiger partial charge in [0.15, 0.2) is 0 Å². The van der Waals surface area contributed by atoms with E-state index >= 15 is 0 Å². The molecule has 0 rings (SSSR count). The maximum Gasteiger partial charge on any atom is 0.0982 e. The highest BCUT2D eigenvalue weighted by molar-refractivity contribution is 4.38. The second-order valence-corrected chi connectivity index (χ2v) is 2.52. The van der Waals surface area contributed by atoms with Gasteiger partial charge in [0.25, 0.3) is 0 Å². The highest BCUT2D eigenvalue weighted by Gasteiger charge is 1.87. The van der Waals surface area contributed by atoms with Crippen LogP contribution in [0.25, 0.3) is 0 Å². The summed E-state index contributed by atoms with van der Waals surface area (Å²) in [4.78, 5) is 0. The molecule has 2 N–H and O–H groups in total. The third-order valence-corrected chi connectivity index (χ3v) is 1.46. The molecule has 0 atom stereocenters. The quantitative estimate of drug-likeness (QED) is 0.413. The maximum atomic E-state index is 8.32. The van der Waals surface area contributed by atoms with E-state index in [-0.39, 0.29) is 6.73 Å². The fourth-order valence-corrected chi connectivity index (χ4v) is 0.821. The molecular weight excluding hydrogens is 142 g/mol. The number of ether oxygens (including phenoxy) is 1. The topological polar surface area (TPSA) is 41.5 Å². The zero-order valence-electron chi connectivity index (χ0n) is 7.31. The molecule has 0 radical (unpaired) electrons. The van der Waals surface area contributed by atoms with Gasteiger partial charge in [-0.1, -0.05) is 26.2 Å². The van der Waals surface area contributed by atoms with E-state index in [1.807, 2.05) is 0 Å². The lowest BCUT2D eigenvalue weighted by molar-refractivity contribution is 0.0909. The van der Waals surface area contributed by atoms with Gasteiger partial charge in [-0.15, -0.1) is 0 Å². The molecule has 0 unspecified atom stereocenters. The zero-order chi connectivity index (χ0) is 8.36. The van der Waals surface area contributed by atoms with E-state index in [0.717, 1.165) is 13.0 Å². The normalized spacial score (nSPS) is 10.4. The molecule has 3 heteroatoms. The second-order valence-electron chi connectivity index (χ2n) is 2.52. The molecule has 0 aliphatic heterocycles. The van der Waals surface area contributed by atoms with Gasteiger partial charge in [-0.05, 0) is 6.42 Å². The summed E-state index contributed by atoms with van der Waals surface area (Å²) in [5.74, 6) is 0. The van der Waals surface area contributed by atoms with Crippen LogP contribution >= 0.6 is 0 Å². The number of aliphatic hydroxyl groups is 1. The van der Waals surface area contributed by atoms with E-state index in [2.05, 4.69) is 12.2 Å². The Hall–Kier alpha value is -0.120. The fraction of sp³-hybridized carbons (Fsp3) is 1.00. The lowest BCUT2D eigenvalue weighted by Crippen LogP contribution is -2.18. The van der Waals surface area contributed by atoms with Crippen LogP contribution in [-0.4, -0.2) is 25.2 Å². The van der Waals surface area contributed by atoms with Crippen LogP contribution in [0.5, 0.6) is 0 Å².